The molecule has 148 valence electrons. The van der Waals surface area contributed by atoms with Crippen LogP contribution < -0.4 is 5.32 Å². The summed E-state index contributed by atoms with van der Waals surface area (Å²) in [6.45, 7) is 2.56. The van der Waals surface area contributed by atoms with Gasteiger partial charge in [0.1, 0.15) is 0 Å². The van der Waals surface area contributed by atoms with Gasteiger partial charge in [0.15, 0.2) is 5.78 Å². The smallest absolute Gasteiger partial charge is 0.241 e. The molecule has 3 aromatic rings. The number of hydrogen-bond acceptors (Lipinski definition) is 4. The Hall–Kier alpha value is -3.31. The van der Waals surface area contributed by atoms with Gasteiger partial charge in [-0.3, -0.25) is 19.5 Å². The number of pyridine rings is 1. The highest BCUT2D eigenvalue weighted by atomic mass is 16.2. The summed E-state index contributed by atoms with van der Waals surface area (Å²) in [4.78, 5) is 31.9. The third-order valence-electron chi connectivity index (χ3n) is 4.95. The largest absolute Gasteiger partial charge is 0.324 e. The van der Waals surface area contributed by atoms with Crippen molar-refractivity contribution < 1.29 is 9.59 Å². The summed E-state index contributed by atoms with van der Waals surface area (Å²) in [5.74, 6) is -0.264. The first-order chi connectivity index (χ1) is 14.1. The van der Waals surface area contributed by atoms with Gasteiger partial charge in [0.2, 0.25) is 5.91 Å². The first-order valence-electron chi connectivity index (χ1n) is 9.66. The zero-order chi connectivity index (χ0) is 20.6. The topological polar surface area (TPSA) is 62.3 Å². The Morgan fingerprint density at radius 2 is 1.66 bits per heavy atom. The van der Waals surface area contributed by atoms with E-state index in [1.54, 1.807) is 36.5 Å². The Balaban J connectivity index is 1.66. The second kappa shape index (κ2) is 9.75. The molecule has 0 radical (unpaired) electrons. The van der Waals surface area contributed by atoms with Crippen LogP contribution >= 0.6 is 0 Å². The number of hydrogen-bond donors (Lipinski definition) is 1. The number of aromatic nitrogens is 1. The number of para-hydroxylation sites is 1. The van der Waals surface area contributed by atoms with E-state index in [4.69, 9.17) is 0 Å². The molecule has 0 aliphatic carbocycles. The van der Waals surface area contributed by atoms with E-state index in [1.807, 2.05) is 61.3 Å². The molecule has 1 N–H and O–H groups in total. The van der Waals surface area contributed by atoms with Crippen molar-refractivity contribution >= 4 is 17.4 Å². The van der Waals surface area contributed by atoms with Crippen molar-refractivity contribution in [2.45, 2.75) is 19.4 Å². The van der Waals surface area contributed by atoms with Gasteiger partial charge in [-0.2, -0.15) is 0 Å². The molecule has 3 rings (SSSR count). The molecule has 1 unspecified atom stereocenters. The second-order valence-electron chi connectivity index (χ2n) is 6.96. The van der Waals surface area contributed by atoms with E-state index in [9.17, 15) is 9.59 Å². The number of nitrogens with zero attached hydrogens (tertiary/aromatic N) is 2. The van der Waals surface area contributed by atoms with Crippen LogP contribution in [0.3, 0.4) is 0 Å². The van der Waals surface area contributed by atoms with Crippen LogP contribution in [-0.4, -0.2) is 41.2 Å². The van der Waals surface area contributed by atoms with Crippen molar-refractivity contribution in [1.29, 1.82) is 0 Å². The number of rotatable bonds is 8. The molecule has 0 saturated carbocycles. The fraction of sp³-hybridized carbons (Fsp3) is 0.208. The summed E-state index contributed by atoms with van der Waals surface area (Å²) >= 11 is 0. The predicted molar refractivity (Wildman–Crippen MR) is 115 cm³/mol. The first-order valence-corrected chi connectivity index (χ1v) is 9.66. The first kappa shape index (κ1) is 20.4. The lowest BCUT2D eigenvalue weighted by atomic mass is 10.0. The van der Waals surface area contributed by atoms with Crippen molar-refractivity contribution in [3.63, 3.8) is 0 Å². The van der Waals surface area contributed by atoms with E-state index in [2.05, 4.69) is 10.3 Å². The van der Waals surface area contributed by atoms with Crippen LogP contribution in [0.15, 0.2) is 79.0 Å². The number of amides is 1. The lowest BCUT2D eigenvalue weighted by Crippen LogP contribution is -2.40. The maximum Gasteiger partial charge on any atom is 0.241 e. The molecule has 1 aromatic heterocycles. The summed E-state index contributed by atoms with van der Waals surface area (Å²) in [7, 11) is 1.91. The number of likely N-dealkylation sites (N-methyl/N-ethyl adjacent to an activating group) is 1. The van der Waals surface area contributed by atoms with Crippen LogP contribution in [0.4, 0.5) is 5.69 Å². The van der Waals surface area contributed by atoms with Gasteiger partial charge in [0, 0.05) is 36.0 Å². The number of anilines is 1. The maximum atomic E-state index is 12.8. The molecule has 1 amide bonds. The summed E-state index contributed by atoms with van der Waals surface area (Å²) in [6, 6.07) is 21.6. The molecule has 1 heterocycles. The molecule has 29 heavy (non-hydrogen) atoms. The molecule has 0 fully saturated rings. The summed E-state index contributed by atoms with van der Waals surface area (Å²) in [6.07, 6.45) is 2.53. The minimum Gasteiger partial charge on any atom is -0.324 e. The highest BCUT2D eigenvalue weighted by Crippen LogP contribution is 2.20. The van der Waals surface area contributed by atoms with Gasteiger partial charge in [-0.05, 0) is 38.2 Å². The molecule has 0 bridgehead atoms. The van der Waals surface area contributed by atoms with Crippen molar-refractivity contribution in [1.82, 2.24) is 9.88 Å². The summed E-state index contributed by atoms with van der Waals surface area (Å²) in [5, 5.41) is 2.92. The third-order valence-corrected chi connectivity index (χ3v) is 4.95. The van der Waals surface area contributed by atoms with Crippen LogP contribution in [0.5, 0.6) is 0 Å². The van der Waals surface area contributed by atoms with Crippen molar-refractivity contribution in [2.24, 2.45) is 0 Å². The monoisotopic (exact) mass is 387 g/mol. The fourth-order valence-electron chi connectivity index (χ4n) is 3.00. The molecule has 5 nitrogen and oxygen atoms in total. The lowest BCUT2D eigenvalue weighted by Gasteiger charge is -2.24. The van der Waals surface area contributed by atoms with Crippen molar-refractivity contribution in [3.05, 3.63) is 95.8 Å². The minimum absolute atomic E-state index is 0.113. The normalized spacial score (nSPS) is 11.8. The van der Waals surface area contributed by atoms with E-state index in [-0.39, 0.29) is 17.7 Å². The Kier molecular flexibility index (Phi) is 6.87. The Bertz CT molecular complexity index is 958. The van der Waals surface area contributed by atoms with Crippen molar-refractivity contribution in [3.8, 4) is 0 Å². The SMILES string of the molecule is CC(C(=O)Nc1ccccc1C(=O)c1ccccc1)N(C)CCc1ccccn1. The van der Waals surface area contributed by atoms with E-state index in [0.717, 1.165) is 12.1 Å². The van der Waals surface area contributed by atoms with E-state index in [1.165, 1.54) is 0 Å². The number of carbonyl (C=O) groups excluding carboxylic acids is 2. The van der Waals surface area contributed by atoms with Crippen LogP contribution in [0.1, 0.15) is 28.5 Å². The number of carbonyl (C=O) groups is 2. The van der Waals surface area contributed by atoms with Crippen LogP contribution in [-0.2, 0) is 11.2 Å². The second-order valence-corrected chi connectivity index (χ2v) is 6.96. The van der Waals surface area contributed by atoms with Crippen LogP contribution in [0.2, 0.25) is 0 Å². The van der Waals surface area contributed by atoms with E-state index >= 15 is 0 Å². The van der Waals surface area contributed by atoms with Gasteiger partial charge < -0.3 is 5.32 Å². The maximum absolute atomic E-state index is 12.8. The molecule has 0 aliphatic heterocycles. The van der Waals surface area contributed by atoms with Gasteiger partial charge in [-0.15, -0.1) is 0 Å². The molecule has 5 heteroatoms. The average molecular weight is 387 g/mol. The standard InChI is InChI=1S/C24H25N3O2/c1-18(27(2)17-15-20-12-8-9-16-25-20)24(29)26-22-14-7-6-13-21(22)23(28)19-10-4-3-5-11-19/h3-14,16,18H,15,17H2,1-2H3,(H,26,29). The number of ketones is 1. The Morgan fingerprint density at radius 3 is 2.38 bits per heavy atom. The zero-order valence-corrected chi connectivity index (χ0v) is 16.7. The molecule has 2 aromatic carbocycles. The molecule has 0 aliphatic rings. The van der Waals surface area contributed by atoms with Crippen LogP contribution in [0, 0.1) is 0 Å². The average Bonchev–Trinajstić information content (AvgIpc) is 2.78. The van der Waals surface area contributed by atoms with Crippen LogP contribution in [0.25, 0.3) is 0 Å². The molecule has 0 saturated heterocycles. The lowest BCUT2D eigenvalue weighted by molar-refractivity contribution is -0.120. The molecule has 1 atom stereocenters. The molecule has 0 spiro atoms. The fourth-order valence-corrected chi connectivity index (χ4v) is 3.00. The van der Waals surface area contributed by atoms with Gasteiger partial charge in [0.25, 0.3) is 0 Å². The van der Waals surface area contributed by atoms with Gasteiger partial charge in [-0.25, -0.2) is 0 Å². The zero-order valence-electron chi connectivity index (χ0n) is 16.7. The van der Waals surface area contributed by atoms with Gasteiger partial charge in [-0.1, -0.05) is 48.5 Å². The van der Waals surface area contributed by atoms with Gasteiger partial charge >= 0.3 is 0 Å². The molecular formula is C24H25N3O2. The van der Waals surface area contributed by atoms with Crippen molar-refractivity contribution in [2.75, 3.05) is 18.9 Å². The van der Waals surface area contributed by atoms with E-state index in [0.29, 0.717) is 23.4 Å². The van der Waals surface area contributed by atoms with E-state index < -0.39 is 0 Å². The summed E-state index contributed by atoms with van der Waals surface area (Å²) in [5.41, 5.74) is 2.59. The predicted octanol–water partition coefficient (Wildman–Crippen LogP) is 3.81. The Labute approximate surface area is 171 Å². The van der Waals surface area contributed by atoms with Gasteiger partial charge in [0.05, 0.1) is 11.7 Å². The molecular weight excluding hydrogens is 362 g/mol. The summed E-state index contributed by atoms with van der Waals surface area (Å²) < 4.78 is 0. The number of benzene rings is 2. The number of nitrogens with one attached hydrogen (secondary N) is 1. The highest BCUT2D eigenvalue weighted by molar-refractivity contribution is 6.14. The minimum atomic E-state index is -0.349. The quantitative estimate of drug-likeness (QED) is 0.597. The Morgan fingerprint density at radius 1 is 0.966 bits per heavy atom. The third kappa shape index (κ3) is 5.36. The highest BCUT2D eigenvalue weighted by Gasteiger charge is 2.20.